The van der Waals surface area contributed by atoms with Crippen molar-refractivity contribution in [2.24, 2.45) is 11.3 Å². The van der Waals surface area contributed by atoms with E-state index in [4.69, 9.17) is 0 Å². The molecule has 1 aromatic heterocycles. The van der Waals surface area contributed by atoms with Gasteiger partial charge in [-0.1, -0.05) is 6.92 Å². The molecule has 3 rings (SSSR count). The second-order valence-corrected chi connectivity index (χ2v) is 10.4. The van der Waals surface area contributed by atoms with Gasteiger partial charge in [-0.2, -0.15) is 18.3 Å². The Morgan fingerprint density at radius 3 is 2.46 bits per heavy atom. The van der Waals surface area contributed by atoms with Gasteiger partial charge in [0.15, 0.2) is 15.5 Å². The van der Waals surface area contributed by atoms with Gasteiger partial charge in [-0.15, -0.1) is 0 Å². The molecule has 2 saturated heterocycles. The number of likely N-dealkylation sites (tertiary alicyclic amines) is 1. The molecule has 0 aromatic carbocycles. The molecule has 2 aliphatic rings. The van der Waals surface area contributed by atoms with Gasteiger partial charge in [0.25, 0.3) is 0 Å². The molecular weight excluding hydrogens is 367 g/mol. The van der Waals surface area contributed by atoms with Crippen LogP contribution in [-0.2, 0) is 22.4 Å². The van der Waals surface area contributed by atoms with Crippen LogP contribution in [0.1, 0.15) is 44.6 Å². The normalized spacial score (nSPS) is 23.5. The van der Waals surface area contributed by atoms with E-state index in [2.05, 4.69) is 10.00 Å². The smallest absolute Gasteiger partial charge is 0.302 e. The van der Waals surface area contributed by atoms with Gasteiger partial charge in [-0.3, -0.25) is 4.68 Å². The number of aromatic nitrogens is 2. The van der Waals surface area contributed by atoms with Crippen LogP contribution < -0.4 is 0 Å². The van der Waals surface area contributed by atoms with Gasteiger partial charge < -0.3 is 4.90 Å². The highest BCUT2D eigenvalue weighted by molar-refractivity contribution is 7.92. The third-order valence-electron chi connectivity index (χ3n) is 5.29. The predicted octanol–water partition coefficient (Wildman–Crippen LogP) is 2.78. The molecule has 148 valence electrons. The maximum absolute atomic E-state index is 13.0. The molecule has 2 fully saturated rings. The predicted molar refractivity (Wildman–Crippen MR) is 92.6 cm³/mol. The van der Waals surface area contributed by atoms with Crippen LogP contribution in [0.3, 0.4) is 0 Å². The summed E-state index contributed by atoms with van der Waals surface area (Å²) < 4.78 is 63.3. The van der Waals surface area contributed by atoms with Gasteiger partial charge in [0.1, 0.15) is 0 Å². The molecule has 0 aliphatic carbocycles. The van der Waals surface area contributed by atoms with Crippen molar-refractivity contribution in [2.75, 3.05) is 31.1 Å². The van der Waals surface area contributed by atoms with Crippen molar-refractivity contribution >= 4 is 9.84 Å². The largest absolute Gasteiger partial charge is 0.435 e. The molecule has 0 radical (unpaired) electrons. The SMILES string of the molecule is CC(C)n1nc(C(F)(F)F)cc1C[C@@H](C)CN1CCC2(C1)CS(=O)(=O)C2. The van der Waals surface area contributed by atoms with Gasteiger partial charge in [-0.25, -0.2) is 8.42 Å². The fourth-order valence-electron chi connectivity index (χ4n) is 4.34. The fourth-order valence-corrected chi connectivity index (χ4v) is 6.60. The minimum absolute atomic E-state index is 0.0816. The van der Waals surface area contributed by atoms with Gasteiger partial charge in [0.05, 0.1) is 11.5 Å². The van der Waals surface area contributed by atoms with Crippen LogP contribution in [0.25, 0.3) is 0 Å². The first kappa shape index (κ1) is 19.7. The zero-order valence-electron chi connectivity index (χ0n) is 15.4. The van der Waals surface area contributed by atoms with Crippen LogP contribution in [0.15, 0.2) is 6.07 Å². The topological polar surface area (TPSA) is 55.2 Å². The Balaban J connectivity index is 1.62. The first-order valence-corrected chi connectivity index (χ1v) is 10.8. The Morgan fingerprint density at radius 2 is 1.92 bits per heavy atom. The monoisotopic (exact) mass is 393 g/mol. The van der Waals surface area contributed by atoms with Crippen molar-refractivity contribution < 1.29 is 21.6 Å². The summed E-state index contributed by atoms with van der Waals surface area (Å²) in [6.07, 6.45) is -3.03. The molecule has 0 saturated carbocycles. The lowest BCUT2D eigenvalue weighted by molar-refractivity contribution is -0.141. The second kappa shape index (κ2) is 6.51. The van der Waals surface area contributed by atoms with Crippen molar-refractivity contribution in [3.05, 3.63) is 17.5 Å². The maximum atomic E-state index is 13.0. The third-order valence-corrected chi connectivity index (χ3v) is 7.39. The lowest BCUT2D eigenvalue weighted by atomic mass is 9.91. The number of rotatable bonds is 5. The zero-order valence-corrected chi connectivity index (χ0v) is 16.2. The van der Waals surface area contributed by atoms with Crippen molar-refractivity contribution in [3.8, 4) is 0 Å². The number of hydrogen-bond donors (Lipinski definition) is 0. The summed E-state index contributed by atoms with van der Waals surface area (Å²) in [6.45, 7) is 8.05. The molecular formula is C17H26F3N3O2S. The van der Waals surface area contributed by atoms with E-state index in [1.807, 2.05) is 20.8 Å². The van der Waals surface area contributed by atoms with Crippen LogP contribution in [0, 0.1) is 11.3 Å². The molecule has 9 heteroatoms. The minimum Gasteiger partial charge on any atom is -0.302 e. The quantitative estimate of drug-likeness (QED) is 0.772. The highest BCUT2D eigenvalue weighted by atomic mass is 32.2. The van der Waals surface area contributed by atoms with E-state index < -0.39 is 21.7 Å². The van der Waals surface area contributed by atoms with Crippen molar-refractivity contribution in [1.82, 2.24) is 14.7 Å². The molecule has 1 spiro atoms. The minimum atomic E-state index is -4.44. The van der Waals surface area contributed by atoms with Crippen LogP contribution >= 0.6 is 0 Å². The molecule has 1 atom stereocenters. The first-order valence-electron chi connectivity index (χ1n) is 8.98. The summed E-state index contributed by atoms with van der Waals surface area (Å²) in [5.41, 5.74) is -0.324. The Kier molecular flexibility index (Phi) is 4.92. The molecule has 1 aromatic rings. The Labute approximate surface area is 152 Å². The standard InChI is InChI=1S/C17H26F3N3O2S/c1-12(2)23-14(7-15(21-23)17(18,19)20)6-13(3)8-22-5-4-16(9-22)10-26(24,25)11-16/h7,12-13H,4-6,8-11H2,1-3H3/t13-/m1/s1. The Bertz CT molecular complexity index is 759. The average Bonchev–Trinajstić information content (AvgIpc) is 3.01. The van der Waals surface area contributed by atoms with E-state index in [1.54, 1.807) is 0 Å². The molecule has 5 nitrogen and oxygen atoms in total. The van der Waals surface area contributed by atoms with Gasteiger partial charge in [0.2, 0.25) is 0 Å². The Hall–Kier alpha value is -1.09. The van der Waals surface area contributed by atoms with Crippen molar-refractivity contribution in [2.45, 2.75) is 45.8 Å². The fraction of sp³-hybridized carbons (Fsp3) is 0.824. The van der Waals surface area contributed by atoms with Gasteiger partial charge in [0, 0.05) is 30.2 Å². The van der Waals surface area contributed by atoms with E-state index in [0.717, 1.165) is 32.1 Å². The summed E-state index contributed by atoms with van der Waals surface area (Å²) in [5.74, 6) is 0.719. The summed E-state index contributed by atoms with van der Waals surface area (Å²) in [7, 11) is -2.84. The van der Waals surface area contributed by atoms with Crippen LogP contribution in [0.4, 0.5) is 13.2 Å². The summed E-state index contributed by atoms with van der Waals surface area (Å²) in [6, 6.07) is 1.02. The Morgan fingerprint density at radius 1 is 1.27 bits per heavy atom. The molecule has 3 heterocycles. The van der Waals surface area contributed by atoms with E-state index in [0.29, 0.717) is 12.1 Å². The number of nitrogens with zero attached hydrogens (tertiary/aromatic N) is 3. The van der Waals surface area contributed by atoms with E-state index in [1.165, 1.54) is 4.68 Å². The molecule has 0 amide bonds. The van der Waals surface area contributed by atoms with E-state index in [-0.39, 0.29) is 28.9 Å². The van der Waals surface area contributed by atoms with Crippen LogP contribution in [0.2, 0.25) is 0 Å². The summed E-state index contributed by atoms with van der Waals surface area (Å²) in [4.78, 5) is 2.25. The molecule has 2 aliphatic heterocycles. The molecule has 26 heavy (non-hydrogen) atoms. The van der Waals surface area contributed by atoms with Crippen LogP contribution in [0.5, 0.6) is 0 Å². The number of halogens is 3. The number of hydrogen-bond acceptors (Lipinski definition) is 4. The summed E-state index contributed by atoms with van der Waals surface area (Å²) in [5, 5.41) is 3.74. The summed E-state index contributed by atoms with van der Waals surface area (Å²) >= 11 is 0. The van der Waals surface area contributed by atoms with Crippen LogP contribution in [-0.4, -0.2) is 54.2 Å². The highest BCUT2D eigenvalue weighted by Crippen LogP contribution is 2.41. The van der Waals surface area contributed by atoms with E-state index in [9.17, 15) is 21.6 Å². The number of alkyl halides is 3. The van der Waals surface area contributed by atoms with Crippen molar-refractivity contribution in [1.29, 1.82) is 0 Å². The maximum Gasteiger partial charge on any atom is 0.435 e. The number of sulfone groups is 1. The highest BCUT2D eigenvalue weighted by Gasteiger charge is 2.51. The first-order chi connectivity index (χ1) is 11.9. The van der Waals surface area contributed by atoms with E-state index >= 15 is 0 Å². The van der Waals surface area contributed by atoms with Gasteiger partial charge in [-0.05, 0) is 45.2 Å². The lowest BCUT2D eigenvalue weighted by Crippen LogP contribution is -2.50. The zero-order chi connectivity index (χ0) is 19.3. The average molecular weight is 393 g/mol. The third kappa shape index (κ3) is 4.08. The molecule has 0 bridgehead atoms. The van der Waals surface area contributed by atoms with Crippen molar-refractivity contribution in [3.63, 3.8) is 0 Å². The van der Waals surface area contributed by atoms with Gasteiger partial charge >= 0.3 is 6.18 Å². The molecule has 0 unspecified atom stereocenters. The molecule has 0 N–H and O–H groups in total. The lowest BCUT2D eigenvalue weighted by Gasteiger charge is -2.37. The second-order valence-electron chi connectivity index (χ2n) is 8.38.